The third-order valence-corrected chi connectivity index (χ3v) is 5.65. The summed E-state index contributed by atoms with van der Waals surface area (Å²) >= 11 is 5.68. The first-order valence-electron chi connectivity index (χ1n) is 6.41. The topological polar surface area (TPSA) is 60.2 Å². The molecule has 112 valence electrons. The maximum Gasteiger partial charge on any atom is 0.185 e. The molecule has 0 aliphatic heterocycles. The average molecular weight is 328 g/mol. The van der Waals surface area contributed by atoms with Crippen LogP contribution in [0.15, 0.2) is 53.4 Å². The first kappa shape index (κ1) is 15.9. The zero-order chi connectivity index (χ0) is 15.5. The van der Waals surface area contributed by atoms with Crippen LogP contribution in [0.4, 0.5) is 4.39 Å². The summed E-state index contributed by atoms with van der Waals surface area (Å²) in [5, 5.41) is -0.985. The molecule has 2 aromatic carbocycles. The Kier molecular flexibility index (Phi) is 4.98. The predicted octanol–water partition coefficient (Wildman–Crippen LogP) is 3.34. The molecule has 0 spiro atoms. The van der Waals surface area contributed by atoms with E-state index in [1.54, 1.807) is 24.3 Å². The van der Waals surface area contributed by atoms with Crippen LogP contribution in [0.5, 0.6) is 0 Å². The van der Waals surface area contributed by atoms with Gasteiger partial charge in [0.15, 0.2) is 9.84 Å². The molecule has 0 amide bonds. The fraction of sp³-hybridized carbons (Fsp3) is 0.200. The van der Waals surface area contributed by atoms with Crippen LogP contribution >= 0.6 is 11.6 Å². The molecule has 2 rings (SSSR count). The summed E-state index contributed by atoms with van der Waals surface area (Å²) in [5.41, 5.74) is 6.20. The highest BCUT2D eigenvalue weighted by Gasteiger charge is 2.28. The van der Waals surface area contributed by atoms with Crippen molar-refractivity contribution in [3.05, 3.63) is 64.9 Å². The van der Waals surface area contributed by atoms with Gasteiger partial charge in [-0.1, -0.05) is 41.9 Å². The van der Waals surface area contributed by atoms with E-state index < -0.39 is 20.9 Å². The molecule has 1 atom stereocenters. The van der Waals surface area contributed by atoms with Gasteiger partial charge in [0, 0.05) is 0 Å². The highest BCUT2D eigenvalue weighted by molar-refractivity contribution is 7.91. The molecular formula is C15H15ClFNO2S. The number of hydrogen-bond acceptors (Lipinski definition) is 3. The van der Waals surface area contributed by atoms with Gasteiger partial charge in [-0.2, -0.15) is 0 Å². The predicted molar refractivity (Wildman–Crippen MR) is 81.5 cm³/mol. The van der Waals surface area contributed by atoms with Crippen molar-refractivity contribution in [2.75, 3.05) is 6.54 Å². The molecule has 1 unspecified atom stereocenters. The Morgan fingerprint density at radius 2 is 1.81 bits per heavy atom. The number of halogens is 2. The van der Waals surface area contributed by atoms with Crippen LogP contribution in [0.1, 0.15) is 17.2 Å². The molecule has 0 bridgehead atoms. The average Bonchev–Trinajstić information content (AvgIpc) is 2.48. The maximum absolute atomic E-state index is 13.2. The summed E-state index contributed by atoms with van der Waals surface area (Å²) in [4.78, 5) is -0.00352. The van der Waals surface area contributed by atoms with E-state index in [1.807, 2.05) is 6.07 Å². The summed E-state index contributed by atoms with van der Waals surface area (Å²) in [6.45, 7) is 0.230. The standard InChI is InChI=1S/C15H15ClFNO2S/c16-13-10-12(6-7-14(13)17)21(19,20)15(8-9-18)11-4-2-1-3-5-11/h1-7,10,15H,8-9,18H2. The lowest BCUT2D eigenvalue weighted by Gasteiger charge is -2.17. The number of sulfone groups is 1. The minimum atomic E-state index is -3.69. The third kappa shape index (κ3) is 3.43. The van der Waals surface area contributed by atoms with E-state index in [0.717, 1.165) is 12.1 Å². The Morgan fingerprint density at radius 3 is 2.38 bits per heavy atom. The Balaban J connectivity index is 2.50. The highest BCUT2D eigenvalue weighted by Crippen LogP contribution is 2.32. The second kappa shape index (κ2) is 6.56. The van der Waals surface area contributed by atoms with Crippen molar-refractivity contribution in [1.82, 2.24) is 0 Å². The van der Waals surface area contributed by atoms with Crippen LogP contribution < -0.4 is 5.73 Å². The molecule has 2 aromatic rings. The van der Waals surface area contributed by atoms with E-state index in [4.69, 9.17) is 17.3 Å². The molecule has 6 heteroatoms. The molecule has 21 heavy (non-hydrogen) atoms. The van der Waals surface area contributed by atoms with E-state index in [-0.39, 0.29) is 22.9 Å². The SMILES string of the molecule is NCCC(c1ccccc1)S(=O)(=O)c1ccc(F)c(Cl)c1. The van der Waals surface area contributed by atoms with Crippen LogP contribution in [-0.4, -0.2) is 15.0 Å². The van der Waals surface area contributed by atoms with Gasteiger partial charge in [-0.3, -0.25) is 0 Å². The fourth-order valence-corrected chi connectivity index (χ4v) is 4.21. The lowest BCUT2D eigenvalue weighted by Crippen LogP contribution is -2.17. The molecule has 0 aliphatic rings. The Bertz CT molecular complexity index is 720. The molecule has 0 aromatic heterocycles. The Labute approximate surface area is 128 Å². The van der Waals surface area contributed by atoms with E-state index >= 15 is 0 Å². The lowest BCUT2D eigenvalue weighted by atomic mass is 10.1. The van der Waals surface area contributed by atoms with Crippen molar-refractivity contribution >= 4 is 21.4 Å². The first-order chi connectivity index (χ1) is 9.96. The molecule has 0 saturated carbocycles. The number of benzene rings is 2. The minimum Gasteiger partial charge on any atom is -0.330 e. The fourth-order valence-electron chi connectivity index (χ4n) is 2.14. The molecule has 0 fully saturated rings. The van der Waals surface area contributed by atoms with Gasteiger partial charge < -0.3 is 5.73 Å². The molecule has 0 saturated heterocycles. The van der Waals surface area contributed by atoms with Crippen LogP contribution in [0.2, 0.25) is 5.02 Å². The second-order valence-corrected chi connectivity index (χ2v) is 7.14. The van der Waals surface area contributed by atoms with Gasteiger partial charge in [-0.05, 0) is 36.7 Å². The van der Waals surface area contributed by atoms with Gasteiger partial charge in [0.2, 0.25) is 0 Å². The molecule has 0 heterocycles. The van der Waals surface area contributed by atoms with Gasteiger partial charge in [0.1, 0.15) is 5.82 Å². The van der Waals surface area contributed by atoms with Crippen LogP contribution in [0.3, 0.4) is 0 Å². The van der Waals surface area contributed by atoms with E-state index in [1.165, 1.54) is 6.07 Å². The van der Waals surface area contributed by atoms with Crippen molar-refractivity contribution in [3.8, 4) is 0 Å². The van der Waals surface area contributed by atoms with Gasteiger partial charge in [0.05, 0.1) is 15.2 Å². The van der Waals surface area contributed by atoms with Gasteiger partial charge >= 0.3 is 0 Å². The van der Waals surface area contributed by atoms with Crippen molar-refractivity contribution in [1.29, 1.82) is 0 Å². The third-order valence-electron chi connectivity index (χ3n) is 3.19. The molecule has 2 N–H and O–H groups in total. The summed E-state index contributed by atoms with van der Waals surface area (Å²) < 4.78 is 38.7. The molecule has 0 radical (unpaired) electrons. The van der Waals surface area contributed by atoms with Crippen molar-refractivity contribution in [2.24, 2.45) is 5.73 Å². The van der Waals surface area contributed by atoms with E-state index in [9.17, 15) is 12.8 Å². The second-order valence-electron chi connectivity index (χ2n) is 4.60. The number of nitrogens with two attached hydrogens (primary N) is 1. The van der Waals surface area contributed by atoms with Gasteiger partial charge in [-0.15, -0.1) is 0 Å². The van der Waals surface area contributed by atoms with Crippen molar-refractivity contribution in [2.45, 2.75) is 16.6 Å². The smallest absolute Gasteiger partial charge is 0.185 e. The quantitative estimate of drug-likeness (QED) is 0.857. The van der Waals surface area contributed by atoms with E-state index in [2.05, 4.69) is 0 Å². The summed E-state index contributed by atoms with van der Waals surface area (Å²) in [7, 11) is -3.69. The first-order valence-corrected chi connectivity index (χ1v) is 8.33. The minimum absolute atomic E-state index is 0.00352. The van der Waals surface area contributed by atoms with Crippen LogP contribution in [0, 0.1) is 5.82 Å². The highest BCUT2D eigenvalue weighted by atomic mass is 35.5. The lowest BCUT2D eigenvalue weighted by molar-refractivity contribution is 0.575. The Hall–Kier alpha value is -1.43. The van der Waals surface area contributed by atoms with Crippen LogP contribution in [-0.2, 0) is 9.84 Å². The molecule has 0 aliphatic carbocycles. The molecule has 3 nitrogen and oxygen atoms in total. The number of hydrogen-bond donors (Lipinski definition) is 1. The van der Waals surface area contributed by atoms with Crippen LogP contribution in [0.25, 0.3) is 0 Å². The maximum atomic E-state index is 13.2. The van der Waals surface area contributed by atoms with E-state index in [0.29, 0.717) is 5.56 Å². The summed E-state index contributed by atoms with van der Waals surface area (Å²) in [5.74, 6) is -0.647. The molecular weight excluding hydrogens is 313 g/mol. The zero-order valence-corrected chi connectivity index (χ0v) is 12.7. The van der Waals surface area contributed by atoms with Gasteiger partial charge in [0.25, 0.3) is 0 Å². The normalized spacial score (nSPS) is 13.1. The zero-order valence-electron chi connectivity index (χ0n) is 11.2. The Morgan fingerprint density at radius 1 is 1.14 bits per heavy atom. The van der Waals surface area contributed by atoms with Gasteiger partial charge in [-0.25, -0.2) is 12.8 Å². The van der Waals surface area contributed by atoms with Crippen molar-refractivity contribution < 1.29 is 12.8 Å². The van der Waals surface area contributed by atoms with Crippen molar-refractivity contribution in [3.63, 3.8) is 0 Å². The summed E-state index contributed by atoms with van der Waals surface area (Å²) in [6.07, 6.45) is 0.279. The monoisotopic (exact) mass is 327 g/mol. The number of rotatable bonds is 5. The summed E-state index contributed by atoms with van der Waals surface area (Å²) in [6, 6.07) is 12.2. The largest absolute Gasteiger partial charge is 0.330 e.